The number of carbonyl (C=O) groups excluding carboxylic acids is 1. The molecule has 0 bridgehead atoms. The average Bonchev–Trinajstić information content (AvgIpc) is 2.46. The lowest BCUT2D eigenvalue weighted by Crippen LogP contribution is -2.60. The predicted octanol–water partition coefficient (Wildman–Crippen LogP) is 2.61. The Kier molecular flexibility index (Phi) is 4.89. The predicted molar refractivity (Wildman–Crippen MR) is 76.6 cm³/mol. The number of amides is 2. The number of aliphatic carboxylic acids is 1. The molecule has 2 rings (SSSR count). The second kappa shape index (κ2) is 6.46. The summed E-state index contributed by atoms with van der Waals surface area (Å²) in [4.78, 5) is 25.3. The number of carbonyl (C=O) groups is 2. The van der Waals surface area contributed by atoms with Gasteiger partial charge in [-0.05, 0) is 44.9 Å². The highest BCUT2D eigenvalue weighted by atomic mass is 16.4. The number of piperidine rings is 1. The summed E-state index contributed by atoms with van der Waals surface area (Å²) in [5.41, 5.74) is -1.05. The van der Waals surface area contributed by atoms with Crippen LogP contribution in [0.5, 0.6) is 0 Å². The molecule has 1 saturated carbocycles. The van der Waals surface area contributed by atoms with Gasteiger partial charge in [-0.3, -0.25) is 0 Å². The number of nitrogens with one attached hydrogen (secondary N) is 1. The van der Waals surface area contributed by atoms with E-state index in [1.165, 1.54) is 37.0 Å². The van der Waals surface area contributed by atoms with E-state index in [0.29, 0.717) is 25.4 Å². The van der Waals surface area contributed by atoms with Crippen LogP contribution < -0.4 is 5.32 Å². The maximum Gasteiger partial charge on any atom is 0.329 e. The number of carboxylic acid groups (broad SMARTS) is 1. The Labute approximate surface area is 120 Å². The molecule has 1 aliphatic heterocycles. The SMILES string of the molecule is CC1(C(=O)O)CCCCN1C(=O)NCC1CCCCC1. The summed E-state index contributed by atoms with van der Waals surface area (Å²) in [5, 5.41) is 12.4. The second-order valence-electron chi connectivity index (χ2n) is 6.38. The van der Waals surface area contributed by atoms with E-state index in [1.54, 1.807) is 6.92 Å². The smallest absolute Gasteiger partial charge is 0.329 e. The number of nitrogens with zero attached hydrogens (tertiary/aromatic N) is 1. The third-order valence-corrected chi connectivity index (χ3v) is 4.86. The maximum absolute atomic E-state index is 12.3. The molecule has 1 atom stereocenters. The molecule has 2 aliphatic rings. The van der Waals surface area contributed by atoms with Crippen LogP contribution >= 0.6 is 0 Å². The standard InChI is InChI=1S/C15H26N2O3/c1-15(13(18)19)9-5-6-10-17(15)14(20)16-11-12-7-3-2-4-8-12/h12H,2-11H2,1H3,(H,16,20)(H,18,19). The van der Waals surface area contributed by atoms with Crippen molar-refractivity contribution in [1.29, 1.82) is 0 Å². The number of hydrogen-bond acceptors (Lipinski definition) is 2. The molecule has 114 valence electrons. The van der Waals surface area contributed by atoms with E-state index in [1.807, 2.05) is 0 Å². The van der Waals surface area contributed by atoms with Gasteiger partial charge in [0.1, 0.15) is 5.54 Å². The summed E-state index contributed by atoms with van der Waals surface area (Å²) in [7, 11) is 0. The molecular weight excluding hydrogens is 256 g/mol. The van der Waals surface area contributed by atoms with E-state index in [2.05, 4.69) is 5.32 Å². The van der Waals surface area contributed by atoms with Gasteiger partial charge in [0, 0.05) is 13.1 Å². The van der Waals surface area contributed by atoms with Crippen molar-refractivity contribution in [2.24, 2.45) is 5.92 Å². The highest BCUT2D eigenvalue weighted by molar-refractivity contribution is 5.86. The summed E-state index contributed by atoms with van der Waals surface area (Å²) >= 11 is 0. The van der Waals surface area contributed by atoms with Gasteiger partial charge >= 0.3 is 12.0 Å². The van der Waals surface area contributed by atoms with E-state index in [0.717, 1.165) is 12.8 Å². The largest absolute Gasteiger partial charge is 0.480 e. The van der Waals surface area contributed by atoms with Crippen LogP contribution in [-0.2, 0) is 4.79 Å². The van der Waals surface area contributed by atoms with Crippen LogP contribution in [0.1, 0.15) is 58.3 Å². The normalized spacial score (nSPS) is 28.1. The third-order valence-electron chi connectivity index (χ3n) is 4.86. The summed E-state index contributed by atoms with van der Waals surface area (Å²) in [5.74, 6) is -0.335. The molecule has 0 aromatic carbocycles. The van der Waals surface area contributed by atoms with Gasteiger partial charge in [0.25, 0.3) is 0 Å². The number of likely N-dealkylation sites (tertiary alicyclic amines) is 1. The summed E-state index contributed by atoms with van der Waals surface area (Å²) in [6.45, 7) is 2.89. The Balaban J connectivity index is 1.90. The molecule has 1 heterocycles. The molecule has 0 radical (unpaired) electrons. The Bertz CT molecular complexity index is 366. The fourth-order valence-corrected chi connectivity index (χ4v) is 3.39. The molecular formula is C15H26N2O3. The fraction of sp³-hybridized carbons (Fsp3) is 0.867. The third kappa shape index (κ3) is 3.25. The van der Waals surface area contributed by atoms with Crippen LogP contribution in [0, 0.1) is 5.92 Å². The molecule has 0 aromatic rings. The van der Waals surface area contributed by atoms with Crippen molar-refractivity contribution in [3.8, 4) is 0 Å². The van der Waals surface area contributed by atoms with E-state index in [-0.39, 0.29) is 6.03 Å². The zero-order chi connectivity index (χ0) is 14.6. The molecule has 1 unspecified atom stereocenters. The van der Waals surface area contributed by atoms with Crippen molar-refractivity contribution in [2.45, 2.75) is 63.8 Å². The van der Waals surface area contributed by atoms with Gasteiger partial charge in [-0.15, -0.1) is 0 Å². The van der Waals surface area contributed by atoms with Gasteiger partial charge in [0.2, 0.25) is 0 Å². The molecule has 2 N–H and O–H groups in total. The maximum atomic E-state index is 12.3. The van der Waals surface area contributed by atoms with E-state index < -0.39 is 11.5 Å². The molecule has 2 fully saturated rings. The Morgan fingerprint density at radius 3 is 2.55 bits per heavy atom. The summed E-state index contributed by atoms with van der Waals surface area (Å²) in [6, 6.07) is -0.208. The van der Waals surface area contributed by atoms with Crippen LogP contribution in [0.25, 0.3) is 0 Å². The summed E-state index contributed by atoms with van der Waals surface area (Å²) in [6.07, 6.45) is 8.45. The van der Waals surface area contributed by atoms with Gasteiger partial charge in [-0.1, -0.05) is 19.3 Å². The molecule has 2 amide bonds. The Morgan fingerprint density at radius 1 is 1.20 bits per heavy atom. The molecule has 20 heavy (non-hydrogen) atoms. The number of hydrogen-bond donors (Lipinski definition) is 2. The second-order valence-corrected chi connectivity index (χ2v) is 6.38. The van der Waals surface area contributed by atoms with Crippen LogP contribution in [0.4, 0.5) is 4.79 Å². The monoisotopic (exact) mass is 282 g/mol. The first kappa shape index (κ1) is 15.1. The highest BCUT2D eigenvalue weighted by Crippen LogP contribution is 2.28. The van der Waals surface area contributed by atoms with Gasteiger partial charge in [-0.25, -0.2) is 9.59 Å². The first-order valence-electron chi connectivity index (χ1n) is 7.83. The first-order valence-corrected chi connectivity index (χ1v) is 7.83. The molecule has 5 nitrogen and oxygen atoms in total. The lowest BCUT2D eigenvalue weighted by atomic mass is 9.88. The molecule has 5 heteroatoms. The van der Waals surface area contributed by atoms with Gasteiger partial charge < -0.3 is 15.3 Å². The van der Waals surface area contributed by atoms with Gasteiger partial charge in [-0.2, -0.15) is 0 Å². The Hall–Kier alpha value is -1.26. The Morgan fingerprint density at radius 2 is 1.90 bits per heavy atom. The van der Waals surface area contributed by atoms with E-state index in [4.69, 9.17) is 0 Å². The van der Waals surface area contributed by atoms with Crippen molar-refractivity contribution in [3.05, 3.63) is 0 Å². The molecule has 0 aromatic heterocycles. The van der Waals surface area contributed by atoms with Gasteiger partial charge in [0.05, 0.1) is 0 Å². The van der Waals surface area contributed by atoms with Crippen LogP contribution in [0.15, 0.2) is 0 Å². The van der Waals surface area contributed by atoms with Crippen LogP contribution in [0.2, 0.25) is 0 Å². The average molecular weight is 282 g/mol. The van der Waals surface area contributed by atoms with Crippen molar-refractivity contribution in [3.63, 3.8) is 0 Å². The van der Waals surface area contributed by atoms with Crippen molar-refractivity contribution >= 4 is 12.0 Å². The highest BCUT2D eigenvalue weighted by Gasteiger charge is 2.43. The molecule has 1 aliphatic carbocycles. The molecule has 0 spiro atoms. The zero-order valence-corrected chi connectivity index (χ0v) is 12.4. The quantitative estimate of drug-likeness (QED) is 0.836. The van der Waals surface area contributed by atoms with Crippen molar-refractivity contribution < 1.29 is 14.7 Å². The van der Waals surface area contributed by atoms with Crippen molar-refractivity contribution in [1.82, 2.24) is 10.2 Å². The van der Waals surface area contributed by atoms with E-state index >= 15 is 0 Å². The zero-order valence-electron chi connectivity index (χ0n) is 12.4. The fourth-order valence-electron chi connectivity index (χ4n) is 3.39. The number of carboxylic acids is 1. The van der Waals surface area contributed by atoms with Crippen LogP contribution in [-0.4, -0.2) is 40.6 Å². The molecule has 1 saturated heterocycles. The minimum Gasteiger partial charge on any atom is -0.480 e. The minimum absolute atomic E-state index is 0.208. The summed E-state index contributed by atoms with van der Waals surface area (Å²) < 4.78 is 0. The number of urea groups is 1. The topological polar surface area (TPSA) is 69.6 Å². The van der Waals surface area contributed by atoms with Crippen molar-refractivity contribution in [2.75, 3.05) is 13.1 Å². The van der Waals surface area contributed by atoms with E-state index in [9.17, 15) is 14.7 Å². The van der Waals surface area contributed by atoms with Crippen LogP contribution in [0.3, 0.4) is 0 Å². The lowest BCUT2D eigenvalue weighted by molar-refractivity contribution is -0.150. The lowest BCUT2D eigenvalue weighted by Gasteiger charge is -2.41. The minimum atomic E-state index is -1.05. The number of rotatable bonds is 3. The first-order chi connectivity index (χ1) is 9.54. The van der Waals surface area contributed by atoms with Gasteiger partial charge in [0.15, 0.2) is 0 Å².